The highest BCUT2D eigenvalue weighted by Gasteiger charge is 2.29. The molecule has 1 heterocycles. The van der Waals surface area contributed by atoms with Gasteiger partial charge >= 0.3 is 0 Å². The van der Waals surface area contributed by atoms with E-state index in [1.165, 1.54) is 0 Å². The van der Waals surface area contributed by atoms with Crippen LogP contribution < -0.4 is 14.8 Å². The normalized spacial score (nSPS) is 12.6. The van der Waals surface area contributed by atoms with Crippen LogP contribution in [0, 0.1) is 5.92 Å². The van der Waals surface area contributed by atoms with E-state index in [-0.39, 0.29) is 18.4 Å². The number of anilines is 1. The maximum absolute atomic E-state index is 13.3. The molecule has 9 heteroatoms. The minimum absolute atomic E-state index is 0.0953. The number of aromatic nitrogens is 2. The molecule has 0 bridgehead atoms. The number of benzene rings is 3. The Morgan fingerprint density at radius 1 is 1.00 bits per heavy atom. The molecule has 0 atom stereocenters. The molecular formula is C30H29ClN4O4. The van der Waals surface area contributed by atoms with Crippen molar-refractivity contribution in [3.8, 4) is 28.4 Å². The lowest BCUT2D eigenvalue weighted by Gasteiger charge is -2.22. The molecule has 1 N–H and O–H groups in total. The van der Waals surface area contributed by atoms with Gasteiger partial charge in [0.2, 0.25) is 11.9 Å². The van der Waals surface area contributed by atoms with Crippen molar-refractivity contribution in [2.45, 2.75) is 12.8 Å². The van der Waals surface area contributed by atoms with E-state index in [4.69, 9.17) is 26.1 Å². The third-order valence-electron chi connectivity index (χ3n) is 6.56. The molecule has 2 amide bonds. The molecule has 0 spiro atoms. The van der Waals surface area contributed by atoms with Crippen LogP contribution in [0.2, 0.25) is 5.02 Å². The van der Waals surface area contributed by atoms with Gasteiger partial charge in [0.15, 0.2) is 0 Å². The number of amides is 2. The maximum Gasteiger partial charge on any atom is 0.254 e. The third-order valence-corrected chi connectivity index (χ3v) is 6.81. The molecule has 1 aliphatic rings. The second-order valence-electron chi connectivity index (χ2n) is 9.43. The molecule has 1 fully saturated rings. The molecular weight excluding hydrogens is 516 g/mol. The first-order valence-electron chi connectivity index (χ1n) is 12.7. The Kier molecular flexibility index (Phi) is 7.84. The van der Waals surface area contributed by atoms with Crippen molar-refractivity contribution in [3.63, 3.8) is 0 Å². The number of imidazole rings is 1. The first-order chi connectivity index (χ1) is 18.9. The summed E-state index contributed by atoms with van der Waals surface area (Å²) < 4.78 is 12.5. The number of carbonyl (C=O) groups is 2. The number of carbonyl (C=O) groups excluding carboxylic acids is 2. The van der Waals surface area contributed by atoms with Gasteiger partial charge in [-0.25, -0.2) is 4.98 Å². The van der Waals surface area contributed by atoms with E-state index in [9.17, 15) is 9.59 Å². The highest BCUT2D eigenvalue weighted by molar-refractivity contribution is 6.30. The van der Waals surface area contributed by atoms with E-state index in [2.05, 4.69) is 5.32 Å². The number of methoxy groups -OCH3 is 2. The van der Waals surface area contributed by atoms with Crippen LogP contribution in [0.15, 0.2) is 79.0 Å². The first-order valence-corrected chi connectivity index (χ1v) is 13.0. The van der Waals surface area contributed by atoms with Crippen LogP contribution in [-0.4, -0.2) is 53.6 Å². The van der Waals surface area contributed by atoms with Crippen LogP contribution >= 0.6 is 11.6 Å². The molecule has 1 aliphatic carbocycles. The number of ether oxygens (including phenoxy) is 2. The van der Waals surface area contributed by atoms with Gasteiger partial charge in [0.05, 0.1) is 19.9 Å². The van der Waals surface area contributed by atoms with Crippen molar-refractivity contribution in [2.24, 2.45) is 5.92 Å². The monoisotopic (exact) mass is 544 g/mol. The Labute approximate surface area is 232 Å². The van der Waals surface area contributed by atoms with Crippen molar-refractivity contribution >= 4 is 29.4 Å². The average molecular weight is 545 g/mol. The summed E-state index contributed by atoms with van der Waals surface area (Å²) >= 11 is 6.00. The predicted molar refractivity (Wildman–Crippen MR) is 151 cm³/mol. The van der Waals surface area contributed by atoms with Crippen LogP contribution in [0.25, 0.3) is 16.9 Å². The van der Waals surface area contributed by atoms with E-state index < -0.39 is 0 Å². The molecule has 4 aromatic rings. The van der Waals surface area contributed by atoms with Crippen LogP contribution in [-0.2, 0) is 4.79 Å². The first kappa shape index (κ1) is 26.3. The molecule has 5 rings (SSSR count). The lowest BCUT2D eigenvalue weighted by Crippen LogP contribution is -2.39. The van der Waals surface area contributed by atoms with Gasteiger partial charge in [-0.05, 0) is 79.4 Å². The fourth-order valence-electron chi connectivity index (χ4n) is 4.27. The Morgan fingerprint density at radius 3 is 2.38 bits per heavy atom. The fourth-order valence-corrected chi connectivity index (χ4v) is 4.40. The quantitative estimate of drug-likeness (QED) is 0.277. The molecule has 0 aliphatic heterocycles. The van der Waals surface area contributed by atoms with E-state index in [1.54, 1.807) is 48.0 Å². The third kappa shape index (κ3) is 6.41. The number of rotatable bonds is 10. The van der Waals surface area contributed by atoms with Gasteiger partial charge < -0.3 is 14.4 Å². The Morgan fingerprint density at radius 2 is 1.72 bits per heavy atom. The van der Waals surface area contributed by atoms with Crippen molar-refractivity contribution in [1.29, 1.82) is 0 Å². The summed E-state index contributed by atoms with van der Waals surface area (Å²) in [4.78, 5) is 32.9. The minimum Gasteiger partial charge on any atom is -0.497 e. The molecule has 1 aromatic heterocycles. The molecule has 3 aromatic carbocycles. The van der Waals surface area contributed by atoms with E-state index in [0.29, 0.717) is 46.2 Å². The zero-order valence-electron chi connectivity index (χ0n) is 21.8. The van der Waals surface area contributed by atoms with Crippen molar-refractivity contribution in [1.82, 2.24) is 14.5 Å². The van der Waals surface area contributed by atoms with E-state index >= 15 is 0 Å². The number of hydrogen-bond donors (Lipinski definition) is 1. The van der Waals surface area contributed by atoms with Crippen LogP contribution in [0.1, 0.15) is 23.2 Å². The standard InChI is InChI=1S/C30H29ClN4O4/c1-38-25-14-12-24(13-15-25)35-18-27(22-4-3-5-26(16-22)39-2)32-30(35)33-28(36)19-34(17-20-6-7-20)29(37)21-8-10-23(31)11-9-21/h3-5,8-16,18,20H,6-7,17,19H2,1-2H3,(H,32,33,36). The van der Waals surface area contributed by atoms with E-state index in [0.717, 1.165) is 24.1 Å². The summed E-state index contributed by atoms with van der Waals surface area (Å²) in [6.07, 6.45) is 3.96. The van der Waals surface area contributed by atoms with Gasteiger partial charge in [0.1, 0.15) is 18.0 Å². The van der Waals surface area contributed by atoms with Gasteiger partial charge in [-0.15, -0.1) is 0 Å². The summed E-state index contributed by atoms with van der Waals surface area (Å²) in [5, 5.41) is 3.48. The van der Waals surface area contributed by atoms with Crippen molar-refractivity contribution < 1.29 is 19.1 Å². The van der Waals surface area contributed by atoms with Crippen LogP contribution in [0.4, 0.5) is 5.95 Å². The lowest BCUT2D eigenvalue weighted by molar-refractivity contribution is -0.117. The van der Waals surface area contributed by atoms with Gasteiger partial charge in [0.25, 0.3) is 5.91 Å². The SMILES string of the molecule is COc1ccc(-n2cc(-c3cccc(OC)c3)nc2NC(=O)CN(CC2CC2)C(=O)c2ccc(Cl)cc2)cc1. The summed E-state index contributed by atoms with van der Waals surface area (Å²) in [7, 11) is 3.22. The summed E-state index contributed by atoms with van der Waals surface area (Å²) in [5.74, 6) is 1.63. The number of nitrogens with zero attached hydrogens (tertiary/aromatic N) is 3. The Hall–Kier alpha value is -4.30. The smallest absolute Gasteiger partial charge is 0.254 e. The van der Waals surface area contributed by atoms with Gasteiger partial charge in [-0.3, -0.25) is 19.5 Å². The van der Waals surface area contributed by atoms with E-state index in [1.807, 2.05) is 54.7 Å². The predicted octanol–water partition coefficient (Wildman–Crippen LogP) is 5.70. The highest BCUT2D eigenvalue weighted by atomic mass is 35.5. The molecule has 8 nitrogen and oxygen atoms in total. The molecule has 200 valence electrons. The lowest BCUT2D eigenvalue weighted by atomic mass is 10.1. The van der Waals surface area contributed by atoms with Gasteiger partial charge in [-0.2, -0.15) is 0 Å². The van der Waals surface area contributed by atoms with Crippen LogP contribution in [0.3, 0.4) is 0 Å². The average Bonchev–Trinajstić information content (AvgIpc) is 3.69. The molecule has 0 unspecified atom stereocenters. The summed E-state index contributed by atoms with van der Waals surface area (Å²) in [6, 6.07) is 21.7. The largest absolute Gasteiger partial charge is 0.497 e. The molecule has 0 radical (unpaired) electrons. The fraction of sp³-hybridized carbons (Fsp3) is 0.233. The summed E-state index contributed by atoms with van der Waals surface area (Å²) in [6.45, 7) is 0.429. The minimum atomic E-state index is -0.337. The zero-order valence-corrected chi connectivity index (χ0v) is 22.5. The molecule has 0 saturated heterocycles. The van der Waals surface area contributed by atoms with Crippen molar-refractivity contribution in [2.75, 3.05) is 32.6 Å². The maximum atomic E-state index is 13.3. The second-order valence-corrected chi connectivity index (χ2v) is 9.87. The molecule has 1 saturated carbocycles. The number of hydrogen-bond acceptors (Lipinski definition) is 5. The topological polar surface area (TPSA) is 85.7 Å². The Balaban J connectivity index is 1.42. The van der Waals surface area contributed by atoms with Crippen LogP contribution in [0.5, 0.6) is 11.5 Å². The molecule has 39 heavy (non-hydrogen) atoms. The number of nitrogens with one attached hydrogen (secondary N) is 1. The van der Waals surface area contributed by atoms with Gasteiger partial charge in [0, 0.05) is 34.6 Å². The summed E-state index contributed by atoms with van der Waals surface area (Å²) in [5.41, 5.74) is 2.78. The zero-order chi connectivity index (χ0) is 27.4. The second kappa shape index (κ2) is 11.6. The Bertz CT molecular complexity index is 1460. The highest BCUT2D eigenvalue weighted by Crippen LogP contribution is 2.31. The van der Waals surface area contributed by atoms with Crippen molar-refractivity contribution in [3.05, 3.63) is 89.6 Å². The number of halogens is 1. The van der Waals surface area contributed by atoms with Gasteiger partial charge in [-0.1, -0.05) is 23.7 Å².